The Morgan fingerprint density at radius 1 is 1.37 bits per heavy atom. The van der Waals surface area contributed by atoms with Crippen LogP contribution >= 0.6 is 23.2 Å². The van der Waals surface area contributed by atoms with Gasteiger partial charge in [0, 0.05) is 19.7 Å². The predicted molar refractivity (Wildman–Crippen MR) is 72.6 cm³/mol. The Kier molecular flexibility index (Phi) is 6.01. The maximum atomic E-state index is 13.6. The highest BCUT2D eigenvalue weighted by Gasteiger charge is 2.27. The minimum Gasteiger partial charge on any atom is -0.396 e. The van der Waals surface area contributed by atoms with Crippen molar-refractivity contribution in [1.82, 2.24) is 4.31 Å². The zero-order valence-electron chi connectivity index (χ0n) is 10.2. The van der Waals surface area contributed by atoms with E-state index in [1.54, 1.807) is 6.92 Å². The third kappa shape index (κ3) is 3.58. The molecule has 1 aromatic carbocycles. The molecule has 1 aromatic rings. The van der Waals surface area contributed by atoms with E-state index >= 15 is 0 Å². The summed E-state index contributed by atoms with van der Waals surface area (Å²) in [6.07, 6.45) is 0.292. The monoisotopic (exact) mass is 329 g/mol. The number of hydrogen-bond donors (Lipinski definition) is 1. The Balaban J connectivity index is 3.22. The average Bonchev–Trinajstić information content (AvgIpc) is 2.36. The van der Waals surface area contributed by atoms with Crippen molar-refractivity contribution in [3.63, 3.8) is 0 Å². The lowest BCUT2D eigenvalue weighted by atomic mass is 10.3. The van der Waals surface area contributed by atoms with Crippen LogP contribution < -0.4 is 0 Å². The summed E-state index contributed by atoms with van der Waals surface area (Å²) in [4.78, 5) is -0.323. The predicted octanol–water partition coefficient (Wildman–Crippen LogP) is 2.53. The van der Waals surface area contributed by atoms with E-state index in [1.807, 2.05) is 0 Å². The summed E-state index contributed by atoms with van der Waals surface area (Å²) in [7, 11) is -3.90. The highest BCUT2D eigenvalue weighted by molar-refractivity contribution is 7.89. The van der Waals surface area contributed by atoms with Gasteiger partial charge < -0.3 is 5.11 Å². The van der Waals surface area contributed by atoms with E-state index in [2.05, 4.69) is 0 Å². The number of nitrogens with zero attached hydrogens (tertiary/aromatic N) is 1. The Hall–Kier alpha value is -0.400. The fourth-order valence-corrected chi connectivity index (χ4v) is 3.75. The van der Waals surface area contributed by atoms with Gasteiger partial charge in [0.25, 0.3) is 0 Å². The van der Waals surface area contributed by atoms with Gasteiger partial charge in [-0.15, -0.1) is 0 Å². The highest BCUT2D eigenvalue weighted by Crippen LogP contribution is 2.31. The highest BCUT2D eigenvalue weighted by atomic mass is 35.5. The Labute approximate surface area is 121 Å². The molecule has 0 aliphatic carbocycles. The van der Waals surface area contributed by atoms with Gasteiger partial charge in [0.2, 0.25) is 10.0 Å². The van der Waals surface area contributed by atoms with Crippen molar-refractivity contribution in [3.8, 4) is 0 Å². The van der Waals surface area contributed by atoms with Gasteiger partial charge in [-0.1, -0.05) is 30.1 Å². The minimum absolute atomic E-state index is 0.130. The van der Waals surface area contributed by atoms with Gasteiger partial charge in [-0.2, -0.15) is 4.31 Å². The van der Waals surface area contributed by atoms with Crippen molar-refractivity contribution in [1.29, 1.82) is 0 Å². The van der Waals surface area contributed by atoms with Crippen molar-refractivity contribution >= 4 is 33.2 Å². The molecule has 0 aromatic heterocycles. The molecule has 0 amide bonds. The van der Waals surface area contributed by atoms with Gasteiger partial charge in [0.15, 0.2) is 5.82 Å². The fourth-order valence-electron chi connectivity index (χ4n) is 1.54. The van der Waals surface area contributed by atoms with Crippen LogP contribution in [0.2, 0.25) is 10.0 Å². The number of rotatable bonds is 6. The van der Waals surface area contributed by atoms with Gasteiger partial charge in [-0.3, -0.25) is 0 Å². The van der Waals surface area contributed by atoms with E-state index in [0.717, 1.165) is 10.4 Å². The summed E-state index contributed by atoms with van der Waals surface area (Å²) in [5, 5.41) is 8.00. The van der Waals surface area contributed by atoms with Crippen molar-refractivity contribution in [3.05, 3.63) is 28.0 Å². The van der Waals surface area contributed by atoms with Gasteiger partial charge in [-0.25, -0.2) is 12.8 Å². The molecule has 19 heavy (non-hydrogen) atoms. The molecule has 0 aliphatic rings. The normalized spacial score (nSPS) is 12.1. The Bertz CT molecular complexity index is 551. The lowest BCUT2D eigenvalue weighted by Gasteiger charge is -2.20. The number of aliphatic hydroxyl groups excluding tert-OH is 1. The molecule has 4 nitrogen and oxygen atoms in total. The number of sulfonamides is 1. The van der Waals surface area contributed by atoms with E-state index < -0.39 is 20.9 Å². The first kappa shape index (κ1) is 16.7. The zero-order valence-corrected chi connectivity index (χ0v) is 12.6. The molecule has 1 N–H and O–H groups in total. The first-order valence-corrected chi connectivity index (χ1v) is 7.80. The second-order valence-electron chi connectivity index (χ2n) is 3.75. The molecule has 0 saturated carbocycles. The maximum Gasteiger partial charge on any atom is 0.244 e. The smallest absolute Gasteiger partial charge is 0.244 e. The molecular weight excluding hydrogens is 316 g/mol. The topological polar surface area (TPSA) is 57.6 Å². The van der Waals surface area contributed by atoms with E-state index in [-0.39, 0.29) is 29.6 Å². The molecule has 0 aliphatic heterocycles. The zero-order chi connectivity index (χ0) is 14.6. The van der Waals surface area contributed by atoms with E-state index in [0.29, 0.717) is 6.42 Å². The van der Waals surface area contributed by atoms with Crippen LogP contribution in [0.25, 0.3) is 0 Å². The van der Waals surface area contributed by atoms with Gasteiger partial charge in [0.05, 0.1) is 10.0 Å². The molecular formula is C11H14Cl2FNO3S. The summed E-state index contributed by atoms with van der Waals surface area (Å²) in [5.41, 5.74) is 0. The van der Waals surface area contributed by atoms with Crippen LogP contribution in [0.15, 0.2) is 17.0 Å². The second kappa shape index (κ2) is 6.85. The van der Waals surface area contributed by atoms with Crippen LogP contribution in [0.3, 0.4) is 0 Å². The second-order valence-corrected chi connectivity index (χ2v) is 6.44. The van der Waals surface area contributed by atoms with E-state index in [1.165, 1.54) is 6.07 Å². The van der Waals surface area contributed by atoms with Crippen LogP contribution in [-0.4, -0.2) is 37.5 Å². The first-order chi connectivity index (χ1) is 8.86. The number of aliphatic hydroxyl groups is 1. The SMILES string of the molecule is CCN(CCCO)S(=O)(=O)c1ccc(Cl)c(F)c1Cl. The van der Waals surface area contributed by atoms with E-state index in [9.17, 15) is 12.8 Å². The lowest BCUT2D eigenvalue weighted by Crippen LogP contribution is -2.32. The van der Waals surface area contributed by atoms with Gasteiger partial charge in [-0.05, 0) is 18.6 Å². The molecule has 108 valence electrons. The third-order valence-electron chi connectivity index (χ3n) is 2.54. The van der Waals surface area contributed by atoms with Gasteiger partial charge in [0.1, 0.15) is 4.90 Å². The number of benzene rings is 1. The van der Waals surface area contributed by atoms with Crippen molar-refractivity contribution in [2.24, 2.45) is 0 Å². The quantitative estimate of drug-likeness (QED) is 0.816. The standard InChI is InChI=1S/C11H14Cl2FNO3S/c1-2-15(6-3-7-16)19(17,18)9-5-4-8(12)11(14)10(9)13/h4-5,16H,2-3,6-7H2,1H3. The first-order valence-electron chi connectivity index (χ1n) is 5.60. The van der Waals surface area contributed by atoms with Crippen molar-refractivity contribution < 1.29 is 17.9 Å². The largest absolute Gasteiger partial charge is 0.396 e. The molecule has 8 heteroatoms. The summed E-state index contributed by atoms with van der Waals surface area (Å²) in [6, 6.07) is 2.32. The maximum absolute atomic E-state index is 13.6. The molecule has 0 unspecified atom stereocenters. The molecule has 1 rings (SSSR count). The van der Waals surface area contributed by atoms with Crippen LogP contribution in [0.4, 0.5) is 4.39 Å². The lowest BCUT2D eigenvalue weighted by molar-refractivity contribution is 0.271. The summed E-state index contributed by atoms with van der Waals surface area (Å²) < 4.78 is 39.3. The van der Waals surface area contributed by atoms with Gasteiger partial charge >= 0.3 is 0 Å². The van der Waals surface area contributed by atoms with Crippen molar-refractivity contribution in [2.45, 2.75) is 18.2 Å². The molecule has 0 saturated heterocycles. The molecule has 0 fully saturated rings. The Morgan fingerprint density at radius 2 is 2.00 bits per heavy atom. The molecule has 0 atom stereocenters. The molecule has 0 spiro atoms. The summed E-state index contributed by atoms with van der Waals surface area (Å²) >= 11 is 11.2. The van der Waals surface area contributed by atoms with E-state index in [4.69, 9.17) is 28.3 Å². The molecule has 0 bridgehead atoms. The van der Waals surface area contributed by atoms with Crippen LogP contribution in [0.1, 0.15) is 13.3 Å². The summed E-state index contributed by atoms with van der Waals surface area (Å²) in [5.74, 6) is -0.956. The minimum atomic E-state index is -3.90. The van der Waals surface area contributed by atoms with Crippen LogP contribution in [0, 0.1) is 5.82 Å². The van der Waals surface area contributed by atoms with Crippen LogP contribution in [0.5, 0.6) is 0 Å². The average molecular weight is 330 g/mol. The third-order valence-corrected chi connectivity index (χ3v) is 5.33. The fraction of sp³-hybridized carbons (Fsp3) is 0.455. The van der Waals surface area contributed by atoms with Crippen LogP contribution in [-0.2, 0) is 10.0 Å². The summed E-state index contributed by atoms with van der Waals surface area (Å²) in [6.45, 7) is 1.85. The number of hydrogen-bond acceptors (Lipinski definition) is 3. The number of halogens is 3. The Morgan fingerprint density at radius 3 is 2.53 bits per heavy atom. The van der Waals surface area contributed by atoms with Crippen molar-refractivity contribution in [2.75, 3.05) is 19.7 Å². The molecule has 0 heterocycles. The molecule has 0 radical (unpaired) electrons.